The molecule has 1 aliphatic carbocycles. The van der Waals surface area contributed by atoms with Crippen LogP contribution in [0.3, 0.4) is 0 Å². The SMILES string of the molecule is [2H]C([2H])([2H])c1ccc2c(c1)sc1c(-c3cc(C([2H])([2H])[2H])c(C([2H])([2H])C4CCCC4)cn3)[c-]cc(C#N)c12.[2H]C([2H])(c1cc(-c2[c-]cccc2)nc[c]1[Ge]([CH3])([CH3])[CH3])C(C)(C)C.[Ir]. The summed E-state index contributed by atoms with van der Waals surface area (Å²) in [6, 6.07) is 25.9. The molecule has 3 heterocycles. The summed E-state index contributed by atoms with van der Waals surface area (Å²) in [6.07, 6.45) is 3.28. The first-order valence-corrected chi connectivity index (χ1v) is 25.2. The van der Waals surface area contributed by atoms with Crippen molar-refractivity contribution in [1.29, 1.82) is 5.26 Å². The van der Waals surface area contributed by atoms with Crippen molar-refractivity contribution in [1.82, 2.24) is 9.97 Å². The van der Waals surface area contributed by atoms with Crippen LogP contribution in [0.2, 0.25) is 17.3 Å². The van der Waals surface area contributed by atoms with Crippen LogP contribution in [0.15, 0.2) is 73.1 Å². The van der Waals surface area contributed by atoms with E-state index in [1.807, 2.05) is 57.3 Å². The zero-order valence-corrected chi connectivity index (χ0v) is 35.2. The topological polar surface area (TPSA) is 49.6 Å². The number of aryl methyl sites for hydroxylation is 2. The third-order valence-electron chi connectivity index (χ3n) is 8.75. The van der Waals surface area contributed by atoms with Gasteiger partial charge in [0, 0.05) is 48.0 Å². The van der Waals surface area contributed by atoms with Crippen LogP contribution in [0.25, 0.3) is 42.7 Å². The number of nitrogens with zero attached hydrogens (tertiary/aromatic N) is 3. The number of nitriles is 1. The Morgan fingerprint density at radius 2 is 1.76 bits per heavy atom. The van der Waals surface area contributed by atoms with E-state index in [1.54, 1.807) is 12.1 Å². The zero-order valence-electron chi connectivity index (χ0n) is 39.9. The Labute approximate surface area is 339 Å². The van der Waals surface area contributed by atoms with Gasteiger partial charge in [0.15, 0.2) is 0 Å². The third kappa shape index (κ3) is 9.27. The first-order chi connectivity index (χ1) is 27.8. The molecule has 0 aliphatic heterocycles. The molecule has 7 rings (SSSR count). The number of thiophene rings is 1. The maximum Gasteiger partial charge on any atom is 0 e. The minimum absolute atomic E-state index is 0. The summed E-state index contributed by atoms with van der Waals surface area (Å²) in [5.41, 5.74) is 3.41. The second kappa shape index (κ2) is 16.3. The average molecular weight is 939 g/mol. The summed E-state index contributed by atoms with van der Waals surface area (Å²) in [4.78, 5) is 9.13. The van der Waals surface area contributed by atoms with Crippen LogP contribution >= 0.6 is 11.3 Å². The van der Waals surface area contributed by atoms with Crippen molar-refractivity contribution in [3.05, 3.63) is 113 Å². The van der Waals surface area contributed by atoms with E-state index >= 15 is 0 Å². The Kier molecular flexibility index (Phi) is 8.76. The molecular weight excluding hydrogens is 879 g/mol. The first-order valence-electron chi connectivity index (χ1n) is 22.1. The maximum absolute atomic E-state index is 9.75. The predicted octanol–water partition coefficient (Wildman–Crippen LogP) is 11.8. The quantitative estimate of drug-likeness (QED) is 0.123. The number of benzene rings is 3. The Balaban J connectivity index is 0.000000253. The maximum atomic E-state index is 9.75. The molecule has 0 atom stereocenters. The molecule has 51 heavy (non-hydrogen) atoms. The fraction of sp³-hybridized carbons (Fsp3) is 0.356. The Hall–Kier alpha value is -3.14. The van der Waals surface area contributed by atoms with Crippen LogP contribution in [0.5, 0.6) is 0 Å². The summed E-state index contributed by atoms with van der Waals surface area (Å²) in [7, 11) is 0. The zero-order chi connectivity index (χ0) is 44.2. The number of hydrogen-bond acceptors (Lipinski definition) is 4. The van der Waals surface area contributed by atoms with Gasteiger partial charge >= 0.3 is 135 Å². The van der Waals surface area contributed by atoms with Gasteiger partial charge in [-0.1, -0.05) is 54.8 Å². The predicted molar refractivity (Wildman–Crippen MR) is 216 cm³/mol. The van der Waals surface area contributed by atoms with E-state index in [1.165, 1.54) is 35.7 Å². The van der Waals surface area contributed by atoms with Gasteiger partial charge in [0.2, 0.25) is 0 Å². The minimum atomic E-state index is -2.56. The van der Waals surface area contributed by atoms with E-state index in [0.717, 1.165) is 39.4 Å². The largest absolute Gasteiger partial charge is 0 e. The summed E-state index contributed by atoms with van der Waals surface area (Å²) in [5, 5.41) is 11.1. The first kappa shape index (κ1) is 27.5. The molecule has 3 aromatic heterocycles. The number of aromatic nitrogens is 2. The van der Waals surface area contributed by atoms with E-state index in [0.29, 0.717) is 44.4 Å². The van der Waals surface area contributed by atoms with Crippen LogP contribution in [0, 0.1) is 48.5 Å². The summed E-state index contributed by atoms with van der Waals surface area (Å²) < 4.78 is 85.2. The van der Waals surface area contributed by atoms with Gasteiger partial charge in [0.25, 0.3) is 0 Å². The standard InChI is InChI=1S/C26H23N2S.C19H26GeN.Ir/c1-16-7-9-22-24(11-16)29-26-21(10-8-19(14-27)25(22)26)23-12-17(2)20(15-28-23)13-18-5-3-4-6-18;1-19(2,3)13-16-12-18(15-10-8-7-9-11-15)21-14-17(16)20(4,5)6;/h7-9,11-12,15,18H,3-6,13H2,1-2H3;7-10,12,14H,13H2,1-6H3;/q2*-1;/i1D3,2D3,13D2;13D2;. The molecule has 0 amide bonds. The van der Waals surface area contributed by atoms with E-state index in [2.05, 4.69) is 45.4 Å². The van der Waals surface area contributed by atoms with Crippen LogP contribution in [0.1, 0.15) is 88.0 Å². The Bertz CT molecular complexity index is 2580. The van der Waals surface area contributed by atoms with E-state index < -0.39 is 45.1 Å². The van der Waals surface area contributed by atoms with Gasteiger partial charge in [0.1, 0.15) is 0 Å². The Morgan fingerprint density at radius 3 is 2.43 bits per heavy atom. The second-order valence-corrected chi connectivity index (χ2v) is 26.6. The van der Waals surface area contributed by atoms with Crippen molar-refractivity contribution in [2.75, 3.05) is 0 Å². The third-order valence-corrected chi connectivity index (χ3v) is 14.1. The molecule has 6 heteroatoms. The van der Waals surface area contributed by atoms with Gasteiger partial charge in [-0.05, 0) is 64.5 Å². The fourth-order valence-electron chi connectivity index (χ4n) is 6.36. The second-order valence-electron chi connectivity index (χ2n) is 15.0. The Morgan fingerprint density at radius 1 is 0.980 bits per heavy atom. The molecule has 1 aliphatic rings. The molecule has 3 aromatic carbocycles. The van der Waals surface area contributed by atoms with Crippen molar-refractivity contribution >= 4 is 49.2 Å². The fourth-order valence-corrected chi connectivity index (χ4v) is 10.6. The molecule has 0 spiro atoms. The van der Waals surface area contributed by atoms with E-state index in [-0.39, 0.29) is 42.7 Å². The molecule has 1 radical (unpaired) electrons. The monoisotopic (exact) mass is 940 g/mol. The molecule has 0 N–H and O–H groups in total. The molecule has 0 saturated heterocycles. The molecule has 0 unspecified atom stereocenters. The molecule has 1 fully saturated rings. The molecule has 1 saturated carbocycles. The van der Waals surface area contributed by atoms with Crippen molar-refractivity contribution in [2.24, 2.45) is 11.3 Å². The van der Waals surface area contributed by atoms with Gasteiger partial charge in [-0.15, -0.1) is 17.7 Å². The molecule has 6 aromatic rings. The van der Waals surface area contributed by atoms with Gasteiger partial charge < -0.3 is 4.98 Å². The van der Waals surface area contributed by atoms with E-state index in [4.69, 9.17) is 13.7 Å². The van der Waals surface area contributed by atoms with Crippen molar-refractivity contribution in [3.63, 3.8) is 0 Å². The summed E-state index contributed by atoms with van der Waals surface area (Å²) >= 11 is -0.941. The van der Waals surface area contributed by atoms with Gasteiger partial charge in [-0.3, -0.25) is 0 Å². The van der Waals surface area contributed by atoms with Gasteiger partial charge in [0.05, 0.1) is 0 Å². The van der Waals surface area contributed by atoms with Crippen LogP contribution in [0.4, 0.5) is 0 Å². The molecule has 0 bridgehead atoms. The minimum Gasteiger partial charge on any atom is 0 e. The number of rotatable bonds is 6. The average Bonchev–Trinajstić information content (AvgIpc) is 3.86. The molecule has 3 nitrogen and oxygen atoms in total. The van der Waals surface area contributed by atoms with Crippen LogP contribution in [-0.4, -0.2) is 23.2 Å². The van der Waals surface area contributed by atoms with E-state index in [9.17, 15) is 5.26 Å². The molecular formula is C45H49GeIrN3S-2. The number of fused-ring (bicyclic) bond motifs is 3. The summed E-state index contributed by atoms with van der Waals surface area (Å²) in [6.45, 7) is 1.05. The van der Waals surface area contributed by atoms with Crippen molar-refractivity contribution in [2.45, 2.75) is 90.2 Å². The van der Waals surface area contributed by atoms with Crippen molar-refractivity contribution in [3.8, 4) is 28.6 Å². The normalized spacial score (nSPS) is 17.4. The van der Waals surface area contributed by atoms with Gasteiger partial charge in [-0.25, -0.2) is 5.26 Å². The summed E-state index contributed by atoms with van der Waals surface area (Å²) in [5.74, 6) is 6.60. The van der Waals surface area contributed by atoms with Crippen LogP contribution < -0.4 is 4.40 Å². The number of hydrogen-bond donors (Lipinski definition) is 0. The number of pyridine rings is 2. The molecule has 265 valence electrons. The van der Waals surface area contributed by atoms with Crippen LogP contribution in [-0.2, 0) is 32.9 Å². The van der Waals surface area contributed by atoms with Gasteiger partial charge in [-0.2, -0.15) is 11.3 Å². The smallest absolute Gasteiger partial charge is 0 e. The van der Waals surface area contributed by atoms with Crippen molar-refractivity contribution < 1.29 is 33.8 Å².